The molecule has 112 valence electrons. The van der Waals surface area contributed by atoms with Gasteiger partial charge in [0.05, 0.1) is 6.61 Å². The van der Waals surface area contributed by atoms with Gasteiger partial charge in [0.25, 0.3) is 0 Å². The minimum absolute atomic E-state index is 0.0886. The Bertz CT molecular complexity index is 445. The molecule has 0 aromatic heterocycles. The van der Waals surface area contributed by atoms with Gasteiger partial charge < -0.3 is 19.5 Å². The van der Waals surface area contributed by atoms with Gasteiger partial charge in [-0.3, -0.25) is 0 Å². The Morgan fingerprint density at radius 3 is 2.95 bits per heavy atom. The first kappa shape index (κ1) is 15.1. The van der Waals surface area contributed by atoms with Gasteiger partial charge in [-0.1, -0.05) is 12.1 Å². The van der Waals surface area contributed by atoms with Crippen molar-refractivity contribution in [2.24, 2.45) is 0 Å². The minimum Gasteiger partial charge on any atom is -0.485 e. The Hall–Kier alpha value is -1.26. The van der Waals surface area contributed by atoms with Gasteiger partial charge in [0.1, 0.15) is 11.7 Å². The van der Waals surface area contributed by atoms with Gasteiger partial charge in [-0.2, -0.15) is 0 Å². The number of rotatable bonds is 7. The van der Waals surface area contributed by atoms with Crippen LogP contribution in [0.4, 0.5) is 0 Å². The summed E-state index contributed by atoms with van der Waals surface area (Å²) in [5.41, 5.74) is 1.09. The van der Waals surface area contributed by atoms with E-state index in [9.17, 15) is 0 Å². The highest BCUT2D eigenvalue weighted by Crippen LogP contribution is 2.41. The molecule has 4 nitrogen and oxygen atoms in total. The number of ether oxygens (including phenoxy) is 3. The van der Waals surface area contributed by atoms with E-state index in [1.807, 2.05) is 12.1 Å². The standard InChI is InChI=1S/C16H25NO3/c1-12(11-17-8-9-18-4)19-14-7-5-6-13-10-16(2,3)20-15(13)14/h5-7,12,17H,8-11H2,1-4H3. The number of para-hydroxylation sites is 1. The van der Waals surface area contributed by atoms with Crippen molar-refractivity contribution >= 4 is 0 Å². The third-order valence-corrected chi connectivity index (χ3v) is 3.30. The summed E-state index contributed by atoms with van der Waals surface area (Å²) in [6, 6.07) is 6.12. The Kier molecular flexibility index (Phi) is 4.89. The molecule has 1 aliphatic heterocycles. The van der Waals surface area contributed by atoms with Crippen LogP contribution < -0.4 is 14.8 Å². The lowest BCUT2D eigenvalue weighted by atomic mass is 10.0. The average Bonchev–Trinajstić information content (AvgIpc) is 2.70. The van der Waals surface area contributed by atoms with Crippen LogP contribution in [-0.4, -0.2) is 38.5 Å². The molecule has 1 atom stereocenters. The molecule has 0 saturated heterocycles. The van der Waals surface area contributed by atoms with Crippen molar-refractivity contribution in [1.82, 2.24) is 5.32 Å². The van der Waals surface area contributed by atoms with Crippen molar-refractivity contribution in [3.05, 3.63) is 23.8 Å². The maximum absolute atomic E-state index is 6.00. The maximum atomic E-state index is 6.00. The van der Waals surface area contributed by atoms with Crippen LogP contribution >= 0.6 is 0 Å². The molecular formula is C16H25NO3. The highest BCUT2D eigenvalue weighted by Gasteiger charge is 2.32. The van der Waals surface area contributed by atoms with Crippen LogP contribution in [0.3, 0.4) is 0 Å². The number of benzene rings is 1. The molecule has 2 rings (SSSR count). The van der Waals surface area contributed by atoms with Gasteiger partial charge in [0, 0.05) is 32.2 Å². The highest BCUT2D eigenvalue weighted by atomic mass is 16.5. The monoisotopic (exact) mass is 279 g/mol. The van der Waals surface area contributed by atoms with E-state index in [4.69, 9.17) is 14.2 Å². The number of hydrogen-bond acceptors (Lipinski definition) is 4. The average molecular weight is 279 g/mol. The summed E-state index contributed by atoms with van der Waals surface area (Å²) in [5, 5.41) is 3.30. The zero-order chi connectivity index (χ0) is 14.6. The fourth-order valence-electron chi connectivity index (χ4n) is 2.42. The largest absolute Gasteiger partial charge is 0.485 e. The summed E-state index contributed by atoms with van der Waals surface area (Å²) in [5.74, 6) is 1.75. The Balaban J connectivity index is 1.93. The summed E-state index contributed by atoms with van der Waals surface area (Å²) in [6.07, 6.45) is 1.02. The summed E-state index contributed by atoms with van der Waals surface area (Å²) in [6.45, 7) is 8.60. The summed E-state index contributed by atoms with van der Waals surface area (Å²) < 4.78 is 17.0. The molecule has 0 bridgehead atoms. The van der Waals surface area contributed by atoms with Crippen LogP contribution in [-0.2, 0) is 11.2 Å². The molecule has 0 amide bonds. The predicted molar refractivity (Wildman–Crippen MR) is 79.7 cm³/mol. The summed E-state index contributed by atoms with van der Waals surface area (Å²) in [4.78, 5) is 0. The molecule has 4 heteroatoms. The second-order valence-corrected chi connectivity index (χ2v) is 5.91. The van der Waals surface area contributed by atoms with E-state index < -0.39 is 0 Å². The quantitative estimate of drug-likeness (QED) is 0.778. The van der Waals surface area contributed by atoms with Gasteiger partial charge >= 0.3 is 0 Å². The van der Waals surface area contributed by atoms with E-state index in [1.165, 1.54) is 5.56 Å². The summed E-state index contributed by atoms with van der Waals surface area (Å²) in [7, 11) is 1.70. The lowest BCUT2D eigenvalue weighted by Gasteiger charge is -2.20. The number of hydrogen-bond donors (Lipinski definition) is 1. The van der Waals surface area contributed by atoms with Crippen LogP contribution in [0.1, 0.15) is 26.3 Å². The SMILES string of the molecule is COCCNCC(C)Oc1cccc2c1OC(C)(C)C2. The van der Waals surface area contributed by atoms with Crippen molar-refractivity contribution in [3.8, 4) is 11.5 Å². The van der Waals surface area contributed by atoms with Gasteiger partial charge in [-0.05, 0) is 26.8 Å². The van der Waals surface area contributed by atoms with Crippen molar-refractivity contribution in [1.29, 1.82) is 0 Å². The molecular weight excluding hydrogens is 254 g/mol. The van der Waals surface area contributed by atoms with Crippen molar-refractivity contribution in [2.45, 2.75) is 38.9 Å². The fourth-order valence-corrected chi connectivity index (χ4v) is 2.42. The molecule has 1 aromatic carbocycles. The molecule has 0 spiro atoms. The molecule has 0 aliphatic carbocycles. The van der Waals surface area contributed by atoms with Gasteiger partial charge in [-0.15, -0.1) is 0 Å². The molecule has 1 heterocycles. The van der Waals surface area contributed by atoms with Crippen LogP contribution in [0.2, 0.25) is 0 Å². The highest BCUT2D eigenvalue weighted by molar-refractivity contribution is 5.50. The number of nitrogens with one attached hydrogen (secondary N) is 1. The van der Waals surface area contributed by atoms with Gasteiger partial charge in [-0.25, -0.2) is 0 Å². The zero-order valence-corrected chi connectivity index (χ0v) is 12.9. The third kappa shape index (κ3) is 3.87. The van der Waals surface area contributed by atoms with Crippen molar-refractivity contribution in [2.75, 3.05) is 26.8 Å². The molecule has 20 heavy (non-hydrogen) atoms. The first-order valence-electron chi connectivity index (χ1n) is 7.19. The Labute approximate surface area is 121 Å². The van der Waals surface area contributed by atoms with Gasteiger partial charge in [0.15, 0.2) is 11.5 Å². The van der Waals surface area contributed by atoms with E-state index in [2.05, 4.69) is 32.2 Å². The van der Waals surface area contributed by atoms with E-state index in [-0.39, 0.29) is 11.7 Å². The molecule has 1 aromatic rings. The number of methoxy groups -OCH3 is 1. The molecule has 0 fully saturated rings. The third-order valence-electron chi connectivity index (χ3n) is 3.30. The molecule has 1 aliphatic rings. The molecule has 0 radical (unpaired) electrons. The predicted octanol–water partition coefficient (Wildman–Crippen LogP) is 2.40. The first-order chi connectivity index (χ1) is 9.52. The van der Waals surface area contributed by atoms with Crippen LogP contribution in [0.15, 0.2) is 18.2 Å². The normalized spacial score (nSPS) is 17.4. The Morgan fingerprint density at radius 2 is 2.20 bits per heavy atom. The second kappa shape index (κ2) is 6.46. The maximum Gasteiger partial charge on any atom is 0.165 e. The van der Waals surface area contributed by atoms with Crippen LogP contribution in [0, 0.1) is 0 Å². The second-order valence-electron chi connectivity index (χ2n) is 5.91. The number of fused-ring (bicyclic) bond motifs is 1. The molecule has 1 unspecified atom stereocenters. The summed E-state index contributed by atoms with van der Waals surface area (Å²) >= 11 is 0. The lowest BCUT2D eigenvalue weighted by Crippen LogP contribution is -2.31. The van der Waals surface area contributed by atoms with Crippen LogP contribution in [0.5, 0.6) is 11.5 Å². The Morgan fingerprint density at radius 1 is 1.40 bits per heavy atom. The van der Waals surface area contributed by atoms with Gasteiger partial charge in [0.2, 0.25) is 0 Å². The van der Waals surface area contributed by atoms with Crippen LogP contribution in [0.25, 0.3) is 0 Å². The fraction of sp³-hybridized carbons (Fsp3) is 0.625. The van der Waals surface area contributed by atoms with Crippen molar-refractivity contribution in [3.63, 3.8) is 0 Å². The zero-order valence-electron chi connectivity index (χ0n) is 12.9. The lowest BCUT2D eigenvalue weighted by molar-refractivity contribution is 0.126. The van der Waals surface area contributed by atoms with E-state index in [1.54, 1.807) is 7.11 Å². The molecule has 0 saturated carbocycles. The smallest absolute Gasteiger partial charge is 0.165 e. The minimum atomic E-state index is -0.137. The van der Waals surface area contributed by atoms with E-state index >= 15 is 0 Å². The first-order valence-corrected chi connectivity index (χ1v) is 7.19. The molecule has 1 N–H and O–H groups in total. The van der Waals surface area contributed by atoms with E-state index in [0.29, 0.717) is 6.61 Å². The van der Waals surface area contributed by atoms with Crippen molar-refractivity contribution < 1.29 is 14.2 Å². The topological polar surface area (TPSA) is 39.7 Å². The van der Waals surface area contributed by atoms with E-state index in [0.717, 1.165) is 31.0 Å².